The molecule has 0 bridgehead atoms. The molecule has 3 heteroatoms. The molecule has 0 aromatic carbocycles. The van der Waals surface area contributed by atoms with Gasteiger partial charge in [-0.1, -0.05) is 6.92 Å². The third-order valence-electron chi connectivity index (χ3n) is 3.31. The van der Waals surface area contributed by atoms with E-state index in [1.807, 2.05) is 6.20 Å². The standard InChI is InChI=1S/C17H31N3/c1-8-9-20(13(2)3)16-10-14(4)18-11-15(16)12-19-17(5,6)7/h10-11,13,19H,8-9,12H2,1-7H3. The first kappa shape index (κ1) is 17.0. The largest absolute Gasteiger partial charge is 0.369 e. The van der Waals surface area contributed by atoms with E-state index in [4.69, 9.17) is 0 Å². The number of nitrogens with zero attached hydrogens (tertiary/aromatic N) is 2. The van der Waals surface area contributed by atoms with Crippen LogP contribution in [0.2, 0.25) is 0 Å². The van der Waals surface area contributed by atoms with E-state index in [0.29, 0.717) is 6.04 Å². The molecule has 0 radical (unpaired) electrons. The van der Waals surface area contributed by atoms with Gasteiger partial charge in [0, 0.05) is 47.8 Å². The maximum atomic E-state index is 4.48. The van der Waals surface area contributed by atoms with Gasteiger partial charge in [0.15, 0.2) is 0 Å². The van der Waals surface area contributed by atoms with Gasteiger partial charge in [0.1, 0.15) is 0 Å². The lowest BCUT2D eigenvalue weighted by molar-refractivity contribution is 0.423. The van der Waals surface area contributed by atoms with Crippen LogP contribution in [0.15, 0.2) is 12.3 Å². The Morgan fingerprint density at radius 1 is 1.30 bits per heavy atom. The SMILES string of the molecule is CCCN(c1cc(C)ncc1CNC(C)(C)C)C(C)C. The third kappa shape index (κ3) is 5.12. The minimum Gasteiger partial charge on any atom is -0.369 e. The molecule has 1 rings (SSSR count). The van der Waals surface area contributed by atoms with E-state index in [9.17, 15) is 0 Å². The molecule has 0 saturated heterocycles. The van der Waals surface area contributed by atoms with E-state index < -0.39 is 0 Å². The summed E-state index contributed by atoms with van der Waals surface area (Å²) in [5.74, 6) is 0. The van der Waals surface area contributed by atoms with Crippen LogP contribution in [0.25, 0.3) is 0 Å². The molecule has 0 atom stereocenters. The maximum Gasteiger partial charge on any atom is 0.0447 e. The fourth-order valence-corrected chi connectivity index (χ4v) is 2.24. The molecule has 0 spiro atoms. The van der Waals surface area contributed by atoms with Crippen LogP contribution in [0, 0.1) is 6.92 Å². The van der Waals surface area contributed by atoms with Crippen LogP contribution >= 0.6 is 0 Å². The number of nitrogens with one attached hydrogen (secondary N) is 1. The van der Waals surface area contributed by atoms with Gasteiger partial charge in [-0.05, 0) is 54.0 Å². The average molecular weight is 277 g/mol. The molecular formula is C17H31N3. The van der Waals surface area contributed by atoms with Crippen molar-refractivity contribution in [3.8, 4) is 0 Å². The van der Waals surface area contributed by atoms with E-state index in [0.717, 1.165) is 25.2 Å². The predicted octanol–water partition coefficient (Wildman–Crippen LogP) is 3.90. The maximum absolute atomic E-state index is 4.48. The van der Waals surface area contributed by atoms with Crippen LogP contribution in [-0.2, 0) is 6.54 Å². The fourth-order valence-electron chi connectivity index (χ4n) is 2.24. The van der Waals surface area contributed by atoms with Crippen LogP contribution in [0.4, 0.5) is 5.69 Å². The van der Waals surface area contributed by atoms with E-state index in [2.05, 4.69) is 69.7 Å². The van der Waals surface area contributed by atoms with Crippen LogP contribution in [0.3, 0.4) is 0 Å². The van der Waals surface area contributed by atoms with Gasteiger partial charge in [-0.3, -0.25) is 4.98 Å². The second-order valence-electron chi connectivity index (χ2n) is 6.85. The van der Waals surface area contributed by atoms with Crippen molar-refractivity contribution in [3.63, 3.8) is 0 Å². The Morgan fingerprint density at radius 2 is 1.95 bits per heavy atom. The van der Waals surface area contributed by atoms with Crippen molar-refractivity contribution in [1.29, 1.82) is 0 Å². The first-order valence-electron chi connectivity index (χ1n) is 7.71. The number of aromatic nitrogens is 1. The van der Waals surface area contributed by atoms with Gasteiger partial charge in [-0.25, -0.2) is 0 Å². The Bertz CT molecular complexity index is 419. The van der Waals surface area contributed by atoms with Crippen molar-refractivity contribution in [3.05, 3.63) is 23.5 Å². The predicted molar refractivity (Wildman–Crippen MR) is 88.3 cm³/mol. The molecular weight excluding hydrogens is 246 g/mol. The van der Waals surface area contributed by atoms with E-state index >= 15 is 0 Å². The highest BCUT2D eigenvalue weighted by molar-refractivity contribution is 5.54. The molecule has 114 valence electrons. The molecule has 0 aliphatic rings. The monoisotopic (exact) mass is 277 g/mol. The van der Waals surface area contributed by atoms with E-state index in [1.54, 1.807) is 0 Å². The number of rotatable bonds is 6. The number of pyridine rings is 1. The van der Waals surface area contributed by atoms with E-state index in [-0.39, 0.29) is 5.54 Å². The summed E-state index contributed by atoms with van der Waals surface area (Å²) in [6, 6.07) is 2.72. The van der Waals surface area contributed by atoms with Crippen molar-refractivity contribution < 1.29 is 0 Å². The number of hydrogen-bond acceptors (Lipinski definition) is 3. The lowest BCUT2D eigenvalue weighted by Gasteiger charge is -2.31. The van der Waals surface area contributed by atoms with Gasteiger partial charge in [0.05, 0.1) is 0 Å². The smallest absolute Gasteiger partial charge is 0.0447 e. The average Bonchev–Trinajstić information content (AvgIpc) is 2.33. The molecule has 0 amide bonds. The molecule has 0 aliphatic heterocycles. The highest BCUT2D eigenvalue weighted by Gasteiger charge is 2.16. The lowest BCUT2D eigenvalue weighted by Crippen LogP contribution is -2.37. The first-order valence-corrected chi connectivity index (χ1v) is 7.71. The summed E-state index contributed by atoms with van der Waals surface area (Å²) in [7, 11) is 0. The summed E-state index contributed by atoms with van der Waals surface area (Å²) in [6.45, 7) is 17.3. The summed E-state index contributed by atoms with van der Waals surface area (Å²) in [5, 5.41) is 3.57. The fraction of sp³-hybridized carbons (Fsp3) is 0.706. The Kier molecular flexibility index (Phi) is 6.00. The summed E-state index contributed by atoms with van der Waals surface area (Å²) >= 11 is 0. The summed E-state index contributed by atoms with van der Waals surface area (Å²) in [6.07, 6.45) is 3.18. The Labute approximate surface area is 124 Å². The van der Waals surface area contributed by atoms with Crippen molar-refractivity contribution >= 4 is 5.69 Å². The highest BCUT2D eigenvalue weighted by atomic mass is 15.2. The Balaban J connectivity index is 3.05. The minimum absolute atomic E-state index is 0.121. The van der Waals surface area contributed by atoms with Gasteiger partial charge >= 0.3 is 0 Å². The number of anilines is 1. The van der Waals surface area contributed by atoms with Gasteiger partial charge in [-0.2, -0.15) is 0 Å². The van der Waals surface area contributed by atoms with E-state index in [1.165, 1.54) is 11.3 Å². The second-order valence-corrected chi connectivity index (χ2v) is 6.85. The first-order chi connectivity index (χ1) is 9.24. The summed E-state index contributed by atoms with van der Waals surface area (Å²) < 4.78 is 0. The molecule has 0 fully saturated rings. The molecule has 3 nitrogen and oxygen atoms in total. The van der Waals surface area contributed by atoms with Crippen molar-refractivity contribution in [2.45, 2.75) is 73.0 Å². The zero-order chi connectivity index (χ0) is 15.3. The lowest BCUT2D eigenvalue weighted by atomic mass is 10.1. The van der Waals surface area contributed by atoms with Crippen molar-refractivity contribution in [2.75, 3.05) is 11.4 Å². The second kappa shape index (κ2) is 7.07. The quantitative estimate of drug-likeness (QED) is 0.854. The van der Waals surface area contributed by atoms with Gasteiger partial charge in [0.2, 0.25) is 0 Å². The van der Waals surface area contributed by atoms with Gasteiger partial charge in [0.25, 0.3) is 0 Å². The van der Waals surface area contributed by atoms with Crippen LogP contribution in [0.1, 0.15) is 59.2 Å². The van der Waals surface area contributed by atoms with Gasteiger partial charge < -0.3 is 10.2 Å². The van der Waals surface area contributed by atoms with Gasteiger partial charge in [-0.15, -0.1) is 0 Å². The van der Waals surface area contributed by atoms with Crippen LogP contribution in [0.5, 0.6) is 0 Å². The highest BCUT2D eigenvalue weighted by Crippen LogP contribution is 2.24. The molecule has 0 saturated carbocycles. The third-order valence-corrected chi connectivity index (χ3v) is 3.31. The van der Waals surface area contributed by atoms with Crippen LogP contribution in [-0.4, -0.2) is 23.1 Å². The van der Waals surface area contributed by atoms with Crippen molar-refractivity contribution in [1.82, 2.24) is 10.3 Å². The molecule has 1 N–H and O–H groups in total. The summed E-state index contributed by atoms with van der Waals surface area (Å²) in [4.78, 5) is 6.96. The minimum atomic E-state index is 0.121. The molecule has 1 heterocycles. The zero-order valence-corrected chi connectivity index (χ0v) is 14.2. The topological polar surface area (TPSA) is 28.2 Å². The number of aryl methyl sites for hydroxylation is 1. The van der Waals surface area contributed by atoms with Crippen LogP contribution < -0.4 is 10.2 Å². The zero-order valence-electron chi connectivity index (χ0n) is 14.2. The molecule has 1 aromatic rings. The Hall–Kier alpha value is -1.09. The molecule has 1 aromatic heterocycles. The normalized spacial score (nSPS) is 12.0. The molecule has 0 aliphatic carbocycles. The Morgan fingerprint density at radius 3 is 2.45 bits per heavy atom. The van der Waals surface area contributed by atoms with Crippen molar-refractivity contribution in [2.24, 2.45) is 0 Å². The number of hydrogen-bond donors (Lipinski definition) is 1. The molecule has 20 heavy (non-hydrogen) atoms. The summed E-state index contributed by atoms with van der Waals surface area (Å²) in [5.41, 5.74) is 3.82. The molecule has 0 unspecified atom stereocenters.